The summed E-state index contributed by atoms with van der Waals surface area (Å²) >= 11 is 0. The number of pyridine rings is 1. The molecule has 0 saturated carbocycles. The molecule has 0 radical (unpaired) electrons. The number of rotatable bonds is 6. The molecule has 8 nitrogen and oxygen atoms in total. The summed E-state index contributed by atoms with van der Waals surface area (Å²) in [6.45, 7) is 0. The lowest BCUT2D eigenvalue weighted by Gasteiger charge is -2.10. The smallest absolute Gasteiger partial charge is 0.347 e. The van der Waals surface area contributed by atoms with Crippen molar-refractivity contribution in [3.05, 3.63) is 66.1 Å². The van der Waals surface area contributed by atoms with Gasteiger partial charge in [-0.25, -0.2) is 9.59 Å². The zero-order chi connectivity index (χ0) is 20.8. The lowest BCUT2D eigenvalue weighted by Crippen LogP contribution is -2.10. The van der Waals surface area contributed by atoms with Crippen molar-refractivity contribution in [3.8, 4) is 22.8 Å². The van der Waals surface area contributed by atoms with Crippen LogP contribution in [0.5, 0.6) is 11.5 Å². The Hall–Kier alpha value is -3.94. The minimum Gasteiger partial charge on any atom is -0.493 e. The molecule has 2 heterocycles. The minimum absolute atomic E-state index is 0.244. The number of carbonyl (C=O) groups is 2. The van der Waals surface area contributed by atoms with Gasteiger partial charge in [0.2, 0.25) is 0 Å². The first-order valence-corrected chi connectivity index (χ1v) is 8.62. The Bertz CT molecular complexity index is 1060. The van der Waals surface area contributed by atoms with Crippen molar-refractivity contribution in [2.75, 3.05) is 14.2 Å². The van der Waals surface area contributed by atoms with Crippen LogP contribution in [0, 0.1) is 0 Å². The van der Waals surface area contributed by atoms with E-state index in [0.717, 1.165) is 0 Å². The summed E-state index contributed by atoms with van der Waals surface area (Å²) in [5, 5.41) is 4.34. The summed E-state index contributed by atoms with van der Waals surface area (Å²) in [4.78, 5) is 28.1. The fourth-order valence-electron chi connectivity index (χ4n) is 2.61. The highest BCUT2D eigenvalue weighted by molar-refractivity contribution is 5.97. The van der Waals surface area contributed by atoms with Crippen molar-refractivity contribution in [2.45, 2.75) is 0 Å². The molecule has 2 aromatic heterocycles. The highest BCUT2D eigenvalue weighted by Crippen LogP contribution is 2.30. The summed E-state index contributed by atoms with van der Waals surface area (Å²) in [7, 11) is 4.49. The number of methoxy groups -OCH3 is 2. The van der Waals surface area contributed by atoms with Crippen molar-refractivity contribution in [2.24, 2.45) is 7.05 Å². The van der Waals surface area contributed by atoms with E-state index < -0.39 is 11.9 Å². The fraction of sp³-hybridized carbons (Fsp3) is 0.143. The average Bonchev–Trinajstić information content (AvgIpc) is 3.15. The average molecular weight is 393 g/mol. The fourth-order valence-corrected chi connectivity index (χ4v) is 2.61. The van der Waals surface area contributed by atoms with Crippen LogP contribution in [0.15, 0.2) is 55.0 Å². The molecule has 0 N–H and O–H groups in total. The minimum atomic E-state index is -0.576. The molecular formula is C21H19N3O5. The number of hydrogen-bond acceptors (Lipinski definition) is 7. The van der Waals surface area contributed by atoms with Gasteiger partial charge in [0, 0.05) is 37.3 Å². The molecule has 8 heteroatoms. The monoisotopic (exact) mass is 393 g/mol. The predicted octanol–water partition coefficient (Wildman–Crippen LogP) is 2.90. The van der Waals surface area contributed by atoms with Crippen LogP contribution in [0.3, 0.4) is 0 Å². The number of benzene rings is 1. The SMILES string of the molecule is COC(=O)/C=C\c1ccc(OC(=O)c2cn(C)nc2-c2cccnc2)c(OC)c1. The van der Waals surface area contributed by atoms with Gasteiger partial charge in [0.05, 0.1) is 14.2 Å². The Morgan fingerprint density at radius 3 is 2.66 bits per heavy atom. The number of esters is 2. The summed E-state index contributed by atoms with van der Waals surface area (Å²) in [5.74, 6) is -0.460. The van der Waals surface area contributed by atoms with Crippen LogP contribution in [-0.4, -0.2) is 40.9 Å². The highest BCUT2D eigenvalue weighted by Gasteiger charge is 2.20. The van der Waals surface area contributed by atoms with Gasteiger partial charge in [-0.2, -0.15) is 5.10 Å². The Morgan fingerprint density at radius 1 is 1.14 bits per heavy atom. The molecule has 0 saturated heterocycles. The summed E-state index contributed by atoms with van der Waals surface area (Å²) in [6, 6.07) is 8.51. The van der Waals surface area contributed by atoms with E-state index in [1.54, 1.807) is 56.0 Å². The lowest BCUT2D eigenvalue weighted by molar-refractivity contribution is -0.134. The zero-order valence-electron chi connectivity index (χ0n) is 16.2. The zero-order valence-corrected chi connectivity index (χ0v) is 16.2. The van der Waals surface area contributed by atoms with E-state index in [-0.39, 0.29) is 5.75 Å². The summed E-state index contributed by atoms with van der Waals surface area (Å²) in [6.07, 6.45) is 7.72. The molecular weight excluding hydrogens is 374 g/mol. The first kappa shape index (κ1) is 19.8. The molecule has 1 aromatic carbocycles. The molecule has 0 aliphatic carbocycles. The summed E-state index contributed by atoms with van der Waals surface area (Å²) < 4.78 is 17.0. The molecule has 3 aromatic rings. The molecule has 3 rings (SSSR count). The Morgan fingerprint density at radius 2 is 1.97 bits per heavy atom. The molecule has 0 bridgehead atoms. The highest BCUT2D eigenvalue weighted by atomic mass is 16.6. The van der Waals surface area contributed by atoms with Crippen molar-refractivity contribution in [1.29, 1.82) is 0 Å². The van der Waals surface area contributed by atoms with E-state index in [1.807, 2.05) is 6.07 Å². The largest absolute Gasteiger partial charge is 0.493 e. The van der Waals surface area contributed by atoms with Gasteiger partial charge in [-0.1, -0.05) is 6.07 Å². The maximum Gasteiger partial charge on any atom is 0.347 e. The van der Waals surface area contributed by atoms with Crippen molar-refractivity contribution in [3.63, 3.8) is 0 Å². The molecule has 0 aliphatic rings. The Kier molecular flexibility index (Phi) is 6.03. The molecule has 29 heavy (non-hydrogen) atoms. The van der Waals surface area contributed by atoms with E-state index in [9.17, 15) is 9.59 Å². The quantitative estimate of drug-likeness (QED) is 0.361. The molecule has 0 atom stereocenters. The maximum absolute atomic E-state index is 12.8. The van der Waals surface area contributed by atoms with Gasteiger partial charge < -0.3 is 14.2 Å². The topological polar surface area (TPSA) is 92.5 Å². The van der Waals surface area contributed by atoms with Gasteiger partial charge >= 0.3 is 11.9 Å². The number of ether oxygens (including phenoxy) is 3. The van der Waals surface area contributed by atoms with Gasteiger partial charge in [-0.05, 0) is 35.9 Å². The van der Waals surface area contributed by atoms with Crippen LogP contribution < -0.4 is 9.47 Å². The second kappa shape index (κ2) is 8.83. The second-order valence-electron chi connectivity index (χ2n) is 5.96. The van der Waals surface area contributed by atoms with Crippen LogP contribution in [0.25, 0.3) is 17.3 Å². The van der Waals surface area contributed by atoms with E-state index in [4.69, 9.17) is 9.47 Å². The standard InChI is InChI=1S/C21H19N3O5/c1-24-13-16(20(23-24)15-5-4-10-22-12-15)21(26)29-17-8-6-14(11-18(17)27-2)7-9-19(25)28-3/h4-13H,1-3H3/b9-7-. The van der Waals surface area contributed by atoms with E-state index in [1.165, 1.54) is 25.0 Å². The first-order valence-electron chi connectivity index (χ1n) is 8.62. The molecule has 148 valence electrons. The third-order valence-corrected chi connectivity index (χ3v) is 3.99. The van der Waals surface area contributed by atoms with E-state index in [2.05, 4.69) is 14.8 Å². The Labute approximate surface area is 167 Å². The number of hydrogen-bond donors (Lipinski definition) is 0. The lowest BCUT2D eigenvalue weighted by atomic mass is 10.1. The number of carbonyl (C=O) groups excluding carboxylic acids is 2. The van der Waals surface area contributed by atoms with Gasteiger partial charge in [0.15, 0.2) is 11.5 Å². The number of nitrogens with zero attached hydrogens (tertiary/aromatic N) is 3. The van der Waals surface area contributed by atoms with Crippen molar-refractivity contribution in [1.82, 2.24) is 14.8 Å². The Balaban J connectivity index is 1.86. The number of aromatic nitrogens is 3. The van der Waals surface area contributed by atoms with E-state index in [0.29, 0.717) is 28.1 Å². The third-order valence-electron chi connectivity index (χ3n) is 3.99. The van der Waals surface area contributed by atoms with Crippen molar-refractivity contribution >= 4 is 18.0 Å². The second-order valence-corrected chi connectivity index (χ2v) is 5.96. The predicted molar refractivity (Wildman–Crippen MR) is 105 cm³/mol. The first-order chi connectivity index (χ1) is 14.0. The van der Waals surface area contributed by atoms with Crippen LogP contribution in [-0.2, 0) is 16.6 Å². The molecule has 0 unspecified atom stereocenters. The van der Waals surface area contributed by atoms with Gasteiger partial charge in [-0.15, -0.1) is 0 Å². The molecule has 0 aliphatic heterocycles. The van der Waals surface area contributed by atoms with Crippen LogP contribution in [0.2, 0.25) is 0 Å². The van der Waals surface area contributed by atoms with Gasteiger partial charge in [-0.3, -0.25) is 9.67 Å². The van der Waals surface area contributed by atoms with Crippen LogP contribution >= 0.6 is 0 Å². The third kappa shape index (κ3) is 4.67. The van der Waals surface area contributed by atoms with Gasteiger partial charge in [0.1, 0.15) is 11.3 Å². The molecule has 0 fully saturated rings. The molecule has 0 amide bonds. The van der Waals surface area contributed by atoms with Crippen molar-refractivity contribution < 1.29 is 23.8 Å². The number of aryl methyl sites for hydroxylation is 1. The maximum atomic E-state index is 12.8. The normalized spacial score (nSPS) is 10.7. The summed E-state index contributed by atoms with van der Waals surface area (Å²) in [5.41, 5.74) is 2.17. The van der Waals surface area contributed by atoms with Crippen LogP contribution in [0.1, 0.15) is 15.9 Å². The van der Waals surface area contributed by atoms with Gasteiger partial charge in [0.25, 0.3) is 0 Å². The van der Waals surface area contributed by atoms with Crippen LogP contribution in [0.4, 0.5) is 0 Å². The van der Waals surface area contributed by atoms with E-state index >= 15 is 0 Å². The molecule has 0 spiro atoms.